The Morgan fingerprint density at radius 1 is 0.297 bits per heavy atom. The number of esters is 3. The second-order valence-electron chi connectivity index (χ2n) is 18.0. The van der Waals surface area contributed by atoms with Crippen LogP contribution in [0, 0.1) is 0 Å². The highest BCUT2D eigenvalue weighted by Gasteiger charge is 2.19. The Morgan fingerprint density at radius 3 is 1.03 bits per heavy atom. The van der Waals surface area contributed by atoms with Crippen LogP contribution in [0.25, 0.3) is 0 Å². The van der Waals surface area contributed by atoms with Crippen molar-refractivity contribution in [1.82, 2.24) is 0 Å². The molecule has 0 amide bonds. The molecule has 0 bridgehead atoms. The molecule has 0 saturated carbocycles. The molecule has 0 aromatic heterocycles. The molecule has 6 nitrogen and oxygen atoms in total. The molecular formula is C68H100O6. The number of ether oxygens (including phenoxy) is 3. The molecule has 1 atom stereocenters. The summed E-state index contributed by atoms with van der Waals surface area (Å²) >= 11 is 0. The number of rotatable bonds is 48. The van der Waals surface area contributed by atoms with Crippen LogP contribution in [0.3, 0.4) is 0 Å². The molecule has 1 unspecified atom stereocenters. The highest BCUT2D eigenvalue weighted by molar-refractivity contribution is 5.71. The van der Waals surface area contributed by atoms with Crippen LogP contribution in [0.1, 0.15) is 194 Å². The number of hydrogen-bond acceptors (Lipinski definition) is 6. The molecule has 0 aliphatic rings. The summed E-state index contributed by atoms with van der Waals surface area (Å²) < 4.78 is 16.7. The van der Waals surface area contributed by atoms with E-state index in [1.165, 1.54) is 32.1 Å². The van der Waals surface area contributed by atoms with Gasteiger partial charge in [0.25, 0.3) is 0 Å². The molecule has 0 saturated heterocycles. The maximum Gasteiger partial charge on any atom is 0.306 e. The van der Waals surface area contributed by atoms with Gasteiger partial charge in [0, 0.05) is 19.3 Å². The lowest BCUT2D eigenvalue weighted by Gasteiger charge is -2.18. The first kappa shape index (κ1) is 68.2. The van der Waals surface area contributed by atoms with E-state index in [-0.39, 0.29) is 38.0 Å². The SMILES string of the molecule is CC\C=C/C=C\C=C/C=C\C=C\C=C/C=C\CCCCCC(=O)OCC(COC(=O)CCCCCCC\C=C/C=C\C=C/CCCCCCC)OC(=O)CC/C=C\C/C=C\C/C=C\C/C=C\C/C=C\C/C=C\CC. The number of carbonyl (C=O) groups is 3. The first-order valence-electron chi connectivity index (χ1n) is 28.6. The zero-order chi connectivity index (χ0) is 53.6. The maximum atomic E-state index is 12.8. The van der Waals surface area contributed by atoms with Crippen LogP contribution in [0.4, 0.5) is 0 Å². The molecular weight excluding hydrogens is 913 g/mol. The van der Waals surface area contributed by atoms with Gasteiger partial charge in [0.2, 0.25) is 0 Å². The Hall–Kier alpha value is -5.75. The van der Waals surface area contributed by atoms with Gasteiger partial charge in [0.05, 0.1) is 0 Å². The highest BCUT2D eigenvalue weighted by Crippen LogP contribution is 2.11. The lowest BCUT2D eigenvalue weighted by Crippen LogP contribution is -2.30. The monoisotopic (exact) mass is 1010 g/mol. The van der Waals surface area contributed by atoms with E-state index in [9.17, 15) is 14.4 Å². The predicted octanol–water partition coefficient (Wildman–Crippen LogP) is 19.5. The third-order valence-electron chi connectivity index (χ3n) is 11.1. The minimum absolute atomic E-state index is 0.146. The molecule has 0 aliphatic carbocycles. The highest BCUT2D eigenvalue weighted by atomic mass is 16.6. The van der Waals surface area contributed by atoms with Crippen molar-refractivity contribution < 1.29 is 28.6 Å². The van der Waals surface area contributed by atoms with Crippen molar-refractivity contribution in [1.29, 1.82) is 0 Å². The molecule has 74 heavy (non-hydrogen) atoms. The van der Waals surface area contributed by atoms with Crippen LogP contribution >= 0.6 is 0 Å². The van der Waals surface area contributed by atoms with Crippen molar-refractivity contribution in [2.45, 2.75) is 200 Å². The molecule has 0 aromatic rings. The molecule has 0 spiro atoms. The molecule has 6 heteroatoms. The Balaban J connectivity index is 4.70. The van der Waals surface area contributed by atoms with Gasteiger partial charge in [-0.25, -0.2) is 0 Å². The van der Waals surface area contributed by atoms with E-state index in [2.05, 4.69) is 130 Å². The summed E-state index contributed by atoms with van der Waals surface area (Å²) in [5.74, 6) is -1.11. The van der Waals surface area contributed by atoms with Crippen molar-refractivity contribution >= 4 is 17.9 Å². The van der Waals surface area contributed by atoms with E-state index in [1.807, 2.05) is 85.1 Å². The Kier molecular flexibility index (Phi) is 55.2. The Bertz CT molecular complexity index is 1830. The van der Waals surface area contributed by atoms with Crippen LogP contribution in [-0.4, -0.2) is 37.2 Å². The minimum atomic E-state index is -0.860. The van der Waals surface area contributed by atoms with Gasteiger partial charge in [-0.15, -0.1) is 0 Å². The van der Waals surface area contributed by atoms with E-state index in [0.29, 0.717) is 19.3 Å². The van der Waals surface area contributed by atoms with E-state index in [1.54, 1.807) is 0 Å². The Morgan fingerprint density at radius 2 is 0.622 bits per heavy atom. The number of carbonyl (C=O) groups excluding carboxylic acids is 3. The van der Waals surface area contributed by atoms with Crippen molar-refractivity contribution in [2.24, 2.45) is 0 Å². The normalized spacial score (nSPS) is 13.6. The van der Waals surface area contributed by atoms with E-state index >= 15 is 0 Å². The number of allylic oxidation sites excluding steroid dienone is 32. The van der Waals surface area contributed by atoms with Crippen LogP contribution in [-0.2, 0) is 28.6 Å². The lowest BCUT2D eigenvalue weighted by molar-refractivity contribution is -0.166. The molecule has 0 rings (SSSR count). The van der Waals surface area contributed by atoms with Crippen molar-refractivity contribution in [3.63, 3.8) is 0 Å². The predicted molar refractivity (Wildman–Crippen MR) is 320 cm³/mol. The minimum Gasteiger partial charge on any atom is -0.462 e. The van der Waals surface area contributed by atoms with Gasteiger partial charge in [-0.05, 0) is 103 Å². The molecule has 0 radical (unpaired) electrons. The maximum absolute atomic E-state index is 12.8. The first-order valence-corrected chi connectivity index (χ1v) is 28.6. The summed E-state index contributed by atoms with van der Waals surface area (Å²) in [7, 11) is 0. The average molecular weight is 1010 g/mol. The van der Waals surface area contributed by atoms with Gasteiger partial charge < -0.3 is 14.2 Å². The third-order valence-corrected chi connectivity index (χ3v) is 11.1. The second kappa shape index (κ2) is 59.8. The summed E-state index contributed by atoms with van der Waals surface area (Å²) in [5, 5.41) is 0. The van der Waals surface area contributed by atoms with Crippen LogP contribution < -0.4 is 0 Å². The van der Waals surface area contributed by atoms with Gasteiger partial charge in [0.1, 0.15) is 13.2 Å². The van der Waals surface area contributed by atoms with Gasteiger partial charge in [-0.3, -0.25) is 14.4 Å². The van der Waals surface area contributed by atoms with Gasteiger partial charge in [0.15, 0.2) is 6.10 Å². The molecule has 0 aromatic carbocycles. The second-order valence-corrected chi connectivity index (χ2v) is 18.0. The molecule has 0 N–H and O–H groups in total. The number of unbranched alkanes of at least 4 members (excludes halogenated alkanes) is 13. The van der Waals surface area contributed by atoms with Gasteiger partial charge in [-0.1, -0.05) is 267 Å². The van der Waals surface area contributed by atoms with Crippen molar-refractivity contribution in [2.75, 3.05) is 13.2 Å². The summed E-state index contributed by atoms with van der Waals surface area (Å²) in [5.41, 5.74) is 0. The average Bonchev–Trinajstić information content (AvgIpc) is 3.40. The molecule has 408 valence electrons. The van der Waals surface area contributed by atoms with E-state index in [0.717, 1.165) is 109 Å². The molecule has 0 fully saturated rings. The van der Waals surface area contributed by atoms with Crippen LogP contribution in [0.5, 0.6) is 0 Å². The van der Waals surface area contributed by atoms with Crippen molar-refractivity contribution in [3.8, 4) is 0 Å². The number of hydrogen-bond donors (Lipinski definition) is 0. The van der Waals surface area contributed by atoms with Crippen LogP contribution in [0.2, 0.25) is 0 Å². The summed E-state index contributed by atoms with van der Waals surface area (Å²) in [4.78, 5) is 38.2. The summed E-state index contributed by atoms with van der Waals surface area (Å²) in [6, 6.07) is 0. The molecule has 0 heterocycles. The summed E-state index contributed by atoms with van der Waals surface area (Å²) in [6.45, 7) is 6.21. The topological polar surface area (TPSA) is 78.9 Å². The fourth-order valence-corrected chi connectivity index (χ4v) is 6.86. The third kappa shape index (κ3) is 57.2. The van der Waals surface area contributed by atoms with Gasteiger partial charge >= 0.3 is 17.9 Å². The lowest BCUT2D eigenvalue weighted by atomic mass is 10.1. The fourth-order valence-electron chi connectivity index (χ4n) is 6.86. The smallest absolute Gasteiger partial charge is 0.306 e. The fraction of sp³-hybridized carbons (Fsp3) is 0.485. The van der Waals surface area contributed by atoms with Crippen molar-refractivity contribution in [3.05, 3.63) is 194 Å². The van der Waals surface area contributed by atoms with E-state index in [4.69, 9.17) is 14.2 Å². The Labute approximate surface area is 452 Å². The first-order chi connectivity index (χ1) is 36.5. The van der Waals surface area contributed by atoms with E-state index < -0.39 is 12.1 Å². The van der Waals surface area contributed by atoms with Gasteiger partial charge in [-0.2, -0.15) is 0 Å². The molecule has 0 aliphatic heterocycles. The van der Waals surface area contributed by atoms with Crippen LogP contribution in [0.15, 0.2) is 194 Å². The zero-order valence-electron chi connectivity index (χ0n) is 46.5. The largest absolute Gasteiger partial charge is 0.462 e. The zero-order valence-corrected chi connectivity index (χ0v) is 46.5. The standard InChI is InChI=1S/C68H100O6/c1-4-7-10-13-16-19-22-25-28-31-34-37-40-43-46-49-52-55-58-61-67(70)73-64-65(63-72-66(69)60-57-54-51-48-45-42-39-36-33-30-27-24-21-18-15-12-9-6-3)74-68(71)62-59-56-53-50-47-44-41-38-35-32-29-26-23-20-17-14-11-8-5-2/h7-8,10-11,13,16-17,19-20,22,24-31,33-40,43-44,46-47,53,56,65H,4-6,9,12,14-15,18,21,23,32,41-42,45,48-52,54-55,57-64H2,1-3H3/b10-7-,11-8-,16-13-,20-17-,22-19-,27-24-,28-25-,29-26-,33-30-,34-31+,38-35-,39-36-,40-37-,46-43-,47-44-,56-53-. The summed E-state index contributed by atoms with van der Waals surface area (Å²) in [6.07, 6.45) is 91.3. The quantitative estimate of drug-likeness (QED) is 0.0199.